The van der Waals surface area contributed by atoms with Crippen LogP contribution in [0.4, 0.5) is 0 Å². The van der Waals surface area contributed by atoms with Crippen molar-refractivity contribution < 1.29 is 4.74 Å². The Balaban J connectivity index is 2.02. The SMILES string of the molecule is COc1ccc(CSc2cnn(C)c2)cc1Br. The lowest BCUT2D eigenvalue weighted by atomic mass is 10.2. The van der Waals surface area contributed by atoms with Crippen LogP contribution in [0.1, 0.15) is 5.56 Å². The molecule has 0 radical (unpaired) electrons. The highest BCUT2D eigenvalue weighted by Crippen LogP contribution is 2.29. The van der Waals surface area contributed by atoms with Gasteiger partial charge in [-0.05, 0) is 33.6 Å². The van der Waals surface area contributed by atoms with Crippen molar-refractivity contribution in [2.45, 2.75) is 10.6 Å². The van der Waals surface area contributed by atoms with Crippen LogP contribution in [-0.2, 0) is 12.8 Å². The maximum absolute atomic E-state index is 5.20. The fourth-order valence-corrected chi connectivity index (χ4v) is 2.89. The lowest BCUT2D eigenvalue weighted by Gasteiger charge is -2.05. The van der Waals surface area contributed by atoms with Gasteiger partial charge in [-0.1, -0.05) is 6.07 Å². The molecular weight excluding hydrogens is 300 g/mol. The monoisotopic (exact) mass is 312 g/mol. The van der Waals surface area contributed by atoms with Crippen LogP contribution in [0, 0.1) is 0 Å². The Morgan fingerprint density at radius 1 is 1.47 bits per heavy atom. The van der Waals surface area contributed by atoms with Gasteiger partial charge in [-0.2, -0.15) is 5.10 Å². The molecule has 0 spiro atoms. The topological polar surface area (TPSA) is 27.1 Å². The molecule has 0 saturated carbocycles. The van der Waals surface area contributed by atoms with E-state index < -0.39 is 0 Å². The second-order valence-corrected chi connectivity index (χ2v) is 5.51. The summed E-state index contributed by atoms with van der Waals surface area (Å²) >= 11 is 5.26. The highest BCUT2D eigenvalue weighted by Gasteiger charge is 2.03. The number of aromatic nitrogens is 2. The molecule has 0 atom stereocenters. The maximum atomic E-state index is 5.20. The maximum Gasteiger partial charge on any atom is 0.133 e. The molecule has 0 aliphatic heterocycles. The fraction of sp³-hybridized carbons (Fsp3) is 0.250. The summed E-state index contributed by atoms with van der Waals surface area (Å²) in [5, 5.41) is 4.14. The summed E-state index contributed by atoms with van der Waals surface area (Å²) < 4.78 is 8.00. The molecule has 17 heavy (non-hydrogen) atoms. The summed E-state index contributed by atoms with van der Waals surface area (Å²) in [7, 11) is 3.60. The zero-order chi connectivity index (χ0) is 12.3. The molecule has 0 aliphatic carbocycles. The first-order valence-corrected chi connectivity index (χ1v) is 6.91. The number of ether oxygens (including phenoxy) is 1. The third kappa shape index (κ3) is 3.26. The average Bonchev–Trinajstić information content (AvgIpc) is 2.73. The van der Waals surface area contributed by atoms with Crippen LogP contribution in [0.3, 0.4) is 0 Å². The third-order valence-corrected chi connectivity index (χ3v) is 3.94. The Bertz CT molecular complexity index is 513. The van der Waals surface area contributed by atoms with Crippen molar-refractivity contribution in [2.75, 3.05) is 7.11 Å². The van der Waals surface area contributed by atoms with E-state index in [1.54, 1.807) is 18.9 Å². The zero-order valence-electron chi connectivity index (χ0n) is 9.68. The first kappa shape index (κ1) is 12.5. The summed E-state index contributed by atoms with van der Waals surface area (Å²) in [5.74, 6) is 1.79. The van der Waals surface area contributed by atoms with E-state index in [0.717, 1.165) is 16.0 Å². The molecule has 0 amide bonds. The van der Waals surface area contributed by atoms with Gasteiger partial charge in [0.2, 0.25) is 0 Å². The Morgan fingerprint density at radius 3 is 2.88 bits per heavy atom. The largest absolute Gasteiger partial charge is 0.496 e. The van der Waals surface area contributed by atoms with Gasteiger partial charge in [-0.3, -0.25) is 4.68 Å². The number of benzene rings is 1. The van der Waals surface area contributed by atoms with Crippen LogP contribution in [0.2, 0.25) is 0 Å². The van der Waals surface area contributed by atoms with E-state index in [0.29, 0.717) is 0 Å². The zero-order valence-corrected chi connectivity index (χ0v) is 12.1. The lowest BCUT2D eigenvalue weighted by molar-refractivity contribution is 0.412. The minimum atomic E-state index is 0.861. The number of thioether (sulfide) groups is 1. The van der Waals surface area contributed by atoms with Crippen molar-refractivity contribution >= 4 is 27.7 Å². The molecule has 1 aromatic carbocycles. The molecular formula is C12H13BrN2OS. The first-order chi connectivity index (χ1) is 8.19. The van der Waals surface area contributed by atoms with Gasteiger partial charge < -0.3 is 4.74 Å². The second-order valence-electron chi connectivity index (χ2n) is 3.61. The van der Waals surface area contributed by atoms with E-state index >= 15 is 0 Å². The van der Waals surface area contributed by atoms with E-state index in [4.69, 9.17) is 4.74 Å². The Morgan fingerprint density at radius 2 is 2.29 bits per heavy atom. The quantitative estimate of drug-likeness (QED) is 0.809. The van der Waals surface area contributed by atoms with Crippen LogP contribution in [0.15, 0.2) is 40.0 Å². The smallest absolute Gasteiger partial charge is 0.133 e. The normalized spacial score (nSPS) is 10.5. The average molecular weight is 313 g/mol. The Hall–Kier alpha value is -0.940. The van der Waals surface area contributed by atoms with Crippen molar-refractivity contribution in [3.63, 3.8) is 0 Å². The summed E-state index contributed by atoms with van der Waals surface area (Å²) in [4.78, 5) is 1.18. The van der Waals surface area contributed by atoms with Gasteiger partial charge in [-0.15, -0.1) is 11.8 Å². The van der Waals surface area contributed by atoms with Gasteiger partial charge in [0.15, 0.2) is 0 Å². The summed E-state index contributed by atoms with van der Waals surface area (Å²) in [6.45, 7) is 0. The van der Waals surface area contributed by atoms with Crippen LogP contribution in [-0.4, -0.2) is 16.9 Å². The number of hydrogen-bond acceptors (Lipinski definition) is 3. The molecule has 0 saturated heterocycles. The first-order valence-electron chi connectivity index (χ1n) is 5.13. The fourth-order valence-electron chi connectivity index (χ4n) is 1.44. The van der Waals surface area contributed by atoms with Crippen molar-refractivity contribution in [1.29, 1.82) is 0 Å². The van der Waals surface area contributed by atoms with Crippen molar-refractivity contribution in [2.24, 2.45) is 7.05 Å². The predicted octanol–water partition coefficient (Wildman–Crippen LogP) is 3.48. The molecule has 0 fully saturated rings. The van der Waals surface area contributed by atoms with Crippen molar-refractivity contribution in [3.05, 3.63) is 40.6 Å². The van der Waals surface area contributed by atoms with Crippen molar-refractivity contribution in [3.8, 4) is 5.75 Å². The number of halogens is 1. The summed E-state index contributed by atoms with van der Waals surface area (Å²) in [6.07, 6.45) is 3.90. The van der Waals surface area contributed by atoms with Crippen LogP contribution in [0.5, 0.6) is 5.75 Å². The number of aryl methyl sites for hydroxylation is 1. The predicted molar refractivity (Wildman–Crippen MR) is 73.5 cm³/mol. The van der Waals surface area contributed by atoms with Crippen molar-refractivity contribution in [1.82, 2.24) is 9.78 Å². The van der Waals surface area contributed by atoms with Gasteiger partial charge in [0.1, 0.15) is 5.75 Å². The molecule has 0 unspecified atom stereocenters. The van der Waals surface area contributed by atoms with E-state index in [-0.39, 0.29) is 0 Å². The Labute approximate surface area is 113 Å². The summed E-state index contributed by atoms with van der Waals surface area (Å²) in [5.41, 5.74) is 1.26. The Kier molecular flexibility index (Phi) is 4.12. The minimum Gasteiger partial charge on any atom is -0.496 e. The number of hydrogen-bond donors (Lipinski definition) is 0. The second kappa shape index (κ2) is 5.60. The lowest BCUT2D eigenvalue weighted by Crippen LogP contribution is -1.86. The highest BCUT2D eigenvalue weighted by molar-refractivity contribution is 9.10. The van der Waals surface area contributed by atoms with Gasteiger partial charge in [0.05, 0.1) is 17.8 Å². The van der Waals surface area contributed by atoms with Crippen LogP contribution in [0.25, 0.3) is 0 Å². The molecule has 0 aliphatic rings. The molecule has 3 nitrogen and oxygen atoms in total. The highest BCUT2D eigenvalue weighted by atomic mass is 79.9. The molecule has 5 heteroatoms. The number of methoxy groups -OCH3 is 1. The standard InChI is InChI=1S/C12H13BrN2OS/c1-15-7-10(6-14-15)17-8-9-3-4-12(16-2)11(13)5-9/h3-7H,8H2,1-2H3. The third-order valence-electron chi connectivity index (χ3n) is 2.30. The van der Waals surface area contributed by atoms with Crippen LogP contribution < -0.4 is 4.74 Å². The molecule has 90 valence electrons. The summed E-state index contributed by atoms with van der Waals surface area (Å²) in [6, 6.07) is 6.14. The number of nitrogens with zero attached hydrogens (tertiary/aromatic N) is 2. The van der Waals surface area contributed by atoms with Crippen LogP contribution >= 0.6 is 27.7 Å². The molecule has 1 heterocycles. The van der Waals surface area contributed by atoms with Gasteiger partial charge in [0.25, 0.3) is 0 Å². The molecule has 0 bridgehead atoms. The van der Waals surface area contributed by atoms with Gasteiger partial charge in [-0.25, -0.2) is 0 Å². The van der Waals surface area contributed by atoms with E-state index in [9.17, 15) is 0 Å². The van der Waals surface area contributed by atoms with E-state index in [2.05, 4.69) is 33.2 Å². The molecule has 2 aromatic rings. The van der Waals surface area contributed by atoms with E-state index in [1.165, 1.54) is 10.5 Å². The minimum absolute atomic E-state index is 0.861. The number of rotatable bonds is 4. The van der Waals surface area contributed by atoms with Gasteiger partial charge >= 0.3 is 0 Å². The van der Waals surface area contributed by atoms with E-state index in [1.807, 2.05) is 30.2 Å². The molecule has 1 aromatic heterocycles. The molecule has 2 rings (SSSR count). The van der Waals surface area contributed by atoms with Gasteiger partial charge in [0, 0.05) is 23.9 Å². The molecule has 0 N–H and O–H groups in total.